The lowest BCUT2D eigenvalue weighted by atomic mass is 10.1. The second kappa shape index (κ2) is 6.25. The van der Waals surface area contributed by atoms with Crippen molar-refractivity contribution in [1.82, 2.24) is 14.8 Å². The Balaban J connectivity index is 1.88. The zero-order chi connectivity index (χ0) is 16.4. The number of hydrogen-bond donors (Lipinski definition) is 2. The molecule has 1 aliphatic rings. The first-order valence-corrected chi connectivity index (χ1v) is 7.45. The van der Waals surface area contributed by atoms with Crippen LogP contribution in [0, 0.1) is 0 Å². The molecule has 0 aliphatic carbocycles. The number of rotatable bonds is 3. The van der Waals surface area contributed by atoms with E-state index in [0.29, 0.717) is 11.5 Å². The third-order valence-electron chi connectivity index (χ3n) is 3.71. The molecule has 8 heteroatoms. The third kappa shape index (κ3) is 3.26. The number of amides is 1. The summed E-state index contributed by atoms with van der Waals surface area (Å²) in [5.41, 5.74) is 8.12. The zero-order valence-electron chi connectivity index (χ0n) is 13.2. The van der Waals surface area contributed by atoms with Crippen molar-refractivity contribution in [3.05, 3.63) is 18.3 Å². The number of hydrogen-bond acceptors (Lipinski definition) is 6. The van der Waals surface area contributed by atoms with E-state index in [0.717, 1.165) is 43.4 Å². The van der Waals surface area contributed by atoms with Gasteiger partial charge in [0.1, 0.15) is 11.6 Å². The molecule has 3 rings (SSSR count). The van der Waals surface area contributed by atoms with Crippen LogP contribution in [-0.2, 0) is 16.6 Å². The Labute approximate surface area is 134 Å². The normalized spacial score (nSPS) is 14.8. The quantitative estimate of drug-likeness (QED) is 0.871. The van der Waals surface area contributed by atoms with Crippen molar-refractivity contribution < 1.29 is 9.53 Å². The van der Waals surface area contributed by atoms with Crippen LogP contribution in [0.1, 0.15) is 6.92 Å². The lowest BCUT2D eigenvalue weighted by molar-refractivity contribution is -0.114. The molecule has 23 heavy (non-hydrogen) atoms. The molecule has 3 heterocycles. The largest absolute Gasteiger partial charge is 0.398 e. The van der Waals surface area contributed by atoms with Crippen molar-refractivity contribution in [3.63, 3.8) is 0 Å². The van der Waals surface area contributed by atoms with E-state index in [4.69, 9.17) is 10.5 Å². The Bertz CT molecular complexity index is 721. The highest BCUT2D eigenvalue weighted by molar-refractivity contribution is 5.89. The number of carbonyl (C=O) groups excluding carboxylic acids is 1. The summed E-state index contributed by atoms with van der Waals surface area (Å²) in [4.78, 5) is 17.5. The van der Waals surface area contributed by atoms with Crippen LogP contribution in [0.5, 0.6) is 0 Å². The van der Waals surface area contributed by atoms with Crippen molar-refractivity contribution in [2.45, 2.75) is 6.92 Å². The van der Waals surface area contributed by atoms with Crippen LogP contribution in [0.4, 0.5) is 17.3 Å². The summed E-state index contributed by atoms with van der Waals surface area (Å²) >= 11 is 0. The van der Waals surface area contributed by atoms with Crippen molar-refractivity contribution in [2.75, 3.05) is 42.3 Å². The van der Waals surface area contributed by atoms with E-state index in [1.807, 2.05) is 17.8 Å². The minimum absolute atomic E-state index is 0.183. The first kappa shape index (κ1) is 15.3. The molecule has 1 amide bonds. The van der Waals surface area contributed by atoms with Gasteiger partial charge in [0.15, 0.2) is 0 Å². The Morgan fingerprint density at radius 2 is 2.09 bits per heavy atom. The molecule has 0 unspecified atom stereocenters. The van der Waals surface area contributed by atoms with E-state index in [1.54, 1.807) is 12.3 Å². The van der Waals surface area contributed by atoms with Crippen LogP contribution in [0.15, 0.2) is 18.3 Å². The average molecular weight is 316 g/mol. The molecule has 0 radical (unpaired) electrons. The minimum atomic E-state index is -0.183. The fourth-order valence-electron chi connectivity index (χ4n) is 2.61. The average Bonchev–Trinajstić information content (AvgIpc) is 2.89. The van der Waals surface area contributed by atoms with Gasteiger partial charge in [-0.25, -0.2) is 4.98 Å². The van der Waals surface area contributed by atoms with Crippen molar-refractivity contribution in [2.24, 2.45) is 7.05 Å². The number of anilines is 3. The van der Waals surface area contributed by atoms with Gasteiger partial charge in [-0.2, -0.15) is 5.10 Å². The van der Waals surface area contributed by atoms with E-state index in [-0.39, 0.29) is 5.91 Å². The van der Waals surface area contributed by atoms with Gasteiger partial charge in [0, 0.05) is 56.6 Å². The summed E-state index contributed by atoms with van der Waals surface area (Å²) in [5.74, 6) is 1.27. The van der Waals surface area contributed by atoms with Gasteiger partial charge in [0.2, 0.25) is 5.91 Å². The van der Waals surface area contributed by atoms with E-state index < -0.39 is 0 Å². The van der Waals surface area contributed by atoms with Crippen LogP contribution in [0.2, 0.25) is 0 Å². The van der Waals surface area contributed by atoms with E-state index in [9.17, 15) is 4.79 Å². The topological polar surface area (TPSA) is 98.3 Å². The van der Waals surface area contributed by atoms with Crippen molar-refractivity contribution in [3.8, 4) is 11.3 Å². The van der Waals surface area contributed by atoms with Crippen LogP contribution in [0.3, 0.4) is 0 Å². The molecule has 8 nitrogen and oxygen atoms in total. The molecule has 1 aliphatic heterocycles. The molecule has 0 saturated carbocycles. The fourth-order valence-corrected chi connectivity index (χ4v) is 2.61. The van der Waals surface area contributed by atoms with Gasteiger partial charge in [0.05, 0.1) is 18.9 Å². The Morgan fingerprint density at radius 3 is 2.74 bits per heavy atom. The number of pyridine rings is 1. The first-order chi connectivity index (χ1) is 11.0. The summed E-state index contributed by atoms with van der Waals surface area (Å²) in [6.45, 7) is 4.55. The van der Waals surface area contributed by atoms with Gasteiger partial charge in [-0.1, -0.05) is 0 Å². The Hall–Kier alpha value is -2.61. The summed E-state index contributed by atoms with van der Waals surface area (Å²) < 4.78 is 7.22. The highest BCUT2D eigenvalue weighted by atomic mass is 16.5. The number of nitrogen functional groups attached to an aromatic ring is 1. The van der Waals surface area contributed by atoms with Gasteiger partial charge in [-0.05, 0) is 0 Å². The minimum Gasteiger partial charge on any atom is -0.398 e. The fraction of sp³-hybridized carbons (Fsp3) is 0.400. The van der Waals surface area contributed by atoms with Gasteiger partial charge in [-0.15, -0.1) is 0 Å². The van der Waals surface area contributed by atoms with Gasteiger partial charge < -0.3 is 20.7 Å². The number of ether oxygens (including phenoxy) is 1. The molecule has 0 spiro atoms. The maximum atomic E-state index is 11.1. The molecule has 0 atom stereocenters. The maximum absolute atomic E-state index is 11.1. The second-order valence-electron chi connectivity index (χ2n) is 5.45. The van der Waals surface area contributed by atoms with E-state index >= 15 is 0 Å². The monoisotopic (exact) mass is 316 g/mol. The molecular formula is C15H20N6O2. The zero-order valence-corrected chi connectivity index (χ0v) is 13.2. The first-order valence-electron chi connectivity index (χ1n) is 7.45. The number of nitrogens with zero attached hydrogens (tertiary/aromatic N) is 4. The number of aryl methyl sites for hydroxylation is 1. The predicted molar refractivity (Wildman–Crippen MR) is 88.2 cm³/mol. The number of nitrogens with one attached hydrogen (secondary N) is 1. The van der Waals surface area contributed by atoms with E-state index in [1.165, 1.54) is 6.92 Å². The molecule has 0 bridgehead atoms. The number of nitrogens with two attached hydrogens (primary N) is 1. The third-order valence-corrected chi connectivity index (χ3v) is 3.71. The Kier molecular flexibility index (Phi) is 4.16. The molecular weight excluding hydrogens is 296 g/mol. The maximum Gasteiger partial charge on any atom is 0.222 e. The summed E-state index contributed by atoms with van der Waals surface area (Å²) in [7, 11) is 1.91. The van der Waals surface area contributed by atoms with Crippen LogP contribution < -0.4 is 16.0 Å². The molecule has 2 aromatic heterocycles. The lowest BCUT2D eigenvalue weighted by Crippen LogP contribution is -2.37. The standard InChI is InChI=1S/C15H20N6O2/c1-10(22)18-14-7-12(16)11(9-17-14)13-8-15(20(2)19-13)21-3-5-23-6-4-21/h7-9H,3-6H2,1-2H3,(H3,16,17,18,22). The summed E-state index contributed by atoms with van der Waals surface area (Å²) in [5, 5.41) is 7.15. The second-order valence-corrected chi connectivity index (χ2v) is 5.45. The number of morpholine rings is 1. The van der Waals surface area contributed by atoms with Crippen molar-refractivity contribution >= 4 is 23.2 Å². The Morgan fingerprint density at radius 1 is 1.35 bits per heavy atom. The highest BCUT2D eigenvalue weighted by Crippen LogP contribution is 2.29. The smallest absolute Gasteiger partial charge is 0.222 e. The molecule has 0 aromatic carbocycles. The van der Waals surface area contributed by atoms with Crippen LogP contribution >= 0.6 is 0 Å². The molecule has 1 saturated heterocycles. The van der Waals surface area contributed by atoms with Crippen LogP contribution in [-0.4, -0.2) is 47.0 Å². The number of carbonyl (C=O) groups is 1. The highest BCUT2D eigenvalue weighted by Gasteiger charge is 2.18. The SMILES string of the molecule is CC(=O)Nc1cc(N)c(-c2cc(N3CCOCC3)n(C)n2)cn1. The summed E-state index contributed by atoms with van der Waals surface area (Å²) in [6.07, 6.45) is 1.63. The van der Waals surface area contributed by atoms with Gasteiger partial charge in [-0.3, -0.25) is 9.48 Å². The molecule has 2 aromatic rings. The molecule has 1 fully saturated rings. The predicted octanol–water partition coefficient (Wildman–Crippen LogP) is 0.859. The molecule has 3 N–H and O–H groups in total. The summed E-state index contributed by atoms with van der Waals surface area (Å²) in [6, 6.07) is 3.64. The lowest BCUT2D eigenvalue weighted by Gasteiger charge is -2.28. The van der Waals surface area contributed by atoms with Gasteiger partial charge >= 0.3 is 0 Å². The van der Waals surface area contributed by atoms with Crippen molar-refractivity contribution in [1.29, 1.82) is 0 Å². The van der Waals surface area contributed by atoms with Gasteiger partial charge in [0.25, 0.3) is 0 Å². The number of aromatic nitrogens is 3. The van der Waals surface area contributed by atoms with E-state index in [2.05, 4.69) is 20.3 Å². The van der Waals surface area contributed by atoms with Crippen LogP contribution in [0.25, 0.3) is 11.3 Å². The molecule has 122 valence electrons.